The summed E-state index contributed by atoms with van der Waals surface area (Å²) in [5, 5.41) is 0. The normalized spacial score (nSPS) is 22.6. The van der Waals surface area contributed by atoms with E-state index in [1.54, 1.807) is 17.0 Å². The van der Waals surface area contributed by atoms with Gasteiger partial charge in [-0.3, -0.25) is 4.90 Å². The van der Waals surface area contributed by atoms with E-state index in [4.69, 9.17) is 14.2 Å². The average molecular weight is 363 g/mol. The summed E-state index contributed by atoms with van der Waals surface area (Å²) in [5.41, 5.74) is 0.740. The zero-order valence-corrected chi connectivity index (χ0v) is 15.5. The Labute approximate surface area is 153 Å². The van der Waals surface area contributed by atoms with Crippen LogP contribution in [0.25, 0.3) is 0 Å². The summed E-state index contributed by atoms with van der Waals surface area (Å²) in [5.74, 6) is 0.379. The van der Waals surface area contributed by atoms with Gasteiger partial charge in [0.15, 0.2) is 0 Å². The van der Waals surface area contributed by atoms with Crippen LogP contribution in [-0.4, -0.2) is 48.5 Å². The molecule has 2 bridgehead atoms. The number of ether oxygens (including phenoxy) is 3. The molecule has 2 atom stereocenters. The number of carbonyl (C=O) groups is 1. The van der Waals surface area contributed by atoms with E-state index in [-0.39, 0.29) is 24.0 Å². The summed E-state index contributed by atoms with van der Waals surface area (Å²) in [6.07, 6.45) is 3.33. The van der Waals surface area contributed by atoms with Crippen molar-refractivity contribution in [2.75, 3.05) is 19.8 Å². The Bertz CT molecular complexity index is 665. The minimum absolute atomic E-state index is 0.00517. The van der Waals surface area contributed by atoms with Crippen LogP contribution in [-0.2, 0) is 9.47 Å². The number of morpholine rings is 1. The van der Waals surface area contributed by atoms with Gasteiger partial charge in [0.25, 0.3) is 0 Å². The van der Waals surface area contributed by atoms with Crippen LogP contribution in [0.15, 0.2) is 35.9 Å². The van der Waals surface area contributed by atoms with Crippen LogP contribution >= 0.6 is 0 Å². The van der Waals surface area contributed by atoms with Gasteiger partial charge >= 0.3 is 6.09 Å². The lowest BCUT2D eigenvalue weighted by Crippen LogP contribution is -2.57. The fourth-order valence-corrected chi connectivity index (χ4v) is 3.30. The van der Waals surface area contributed by atoms with Crippen LogP contribution in [0.5, 0.6) is 5.75 Å². The smallest absolute Gasteiger partial charge is 0.411 e. The van der Waals surface area contributed by atoms with Gasteiger partial charge in [0, 0.05) is 6.42 Å². The van der Waals surface area contributed by atoms with Crippen molar-refractivity contribution in [3.8, 4) is 5.75 Å². The van der Waals surface area contributed by atoms with E-state index in [2.05, 4.69) is 6.08 Å². The Hall–Kier alpha value is -2.08. The molecule has 1 fully saturated rings. The molecule has 6 heteroatoms. The van der Waals surface area contributed by atoms with E-state index in [0.29, 0.717) is 25.6 Å². The van der Waals surface area contributed by atoms with Crippen molar-refractivity contribution in [3.63, 3.8) is 0 Å². The van der Waals surface area contributed by atoms with Crippen molar-refractivity contribution in [2.45, 2.75) is 51.3 Å². The Morgan fingerprint density at radius 2 is 2.00 bits per heavy atom. The lowest BCUT2D eigenvalue weighted by Gasteiger charge is -2.44. The Morgan fingerprint density at radius 1 is 1.27 bits per heavy atom. The van der Waals surface area contributed by atoms with Gasteiger partial charge in [0.2, 0.25) is 0 Å². The maximum Gasteiger partial charge on any atom is 0.411 e. The highest BCUT2D eigenvalue weighted by Crippen LogP contribution is 2.30. The van der Waals surface area contributed by atoms with Crippen LogP contribution in [0, 0.1) is 5.82 Å². The summed E-state index contributed by atoms with van der Waals surface area (Å²) in [7, 11) is 0. The summed E-state index contributed by atoms with van der Waals surface area (Å²) < 4.78 is 29.8. The molecule has 1 saturated heterocycles. The van der Waals surface area contributed by atoms with E-state index in [1.165, 1.54) is 17.7 Å². The molecule has 1 aromatic carbocycles. The monoisotopic (exact) mass is 363 g/mol. The predicted molar refractivity (Wildman–Crippen MR) is 95.7 cm³/mol. The number of carbonyl (C=O) groups excluding carboxylic acids is 1. The third-order valence-electron chi connectivity index (χ3n) is 4.39. The van der Waals surface area contributed by atoms with Gasteiger partial charge < -0.3 is 14.2 Å². The van der Waals surface area contributed by atoms with Gasteiger partial charge in [-0.1, -0.05) is 11.6 Å². The minimum Gasteiger partial charge on any atom is -0.493 e. The minimum atomic E-state index is -0.515. The van der Waals surface area contributed by atoms with Crippen LogP contribution < -0.4 is 4.74 Å². The summed E-state index contributed by atoms with van der Waals surface area (Å²) in [6.45, 7) is 7.13. The third kappa shape index (κ3) is 4.75. The topological polar surface area (TPSA) is 48.0 Å². The summed E-state index contributed by atoms with van der Waals surface area (Å²) in [6, 6.07) is 5.91. The Morgan fingerprint density at radius 3 is 2.65 bits per heavy atom. The zero-order chi connectivity index (χ0) is 18.7. The third-order valence-corrected chi connectivity index (χ3v) is 4.39. The van der Waals surface area contributed by atoms with Crippen LogP contribution in [0.2, 0.25) is 0 Å². The zero-order valence-electron chi connectivity index (χ0n) is 15.5. The molecule has 2 aliphatic heterocycles. The number of benzene rings is 1. The quantitative estimate of drug-likeness (QED) is 0.761. The first-order chi connectivity index (χ1) is 12.3. The second kappa shape index (κ2) is 7.66. The maximum absolute atomic E-state index is 12.9. The molecule has 2 unspecified atom stereocenters. The van der Waals surface area contributed by atoms with Crippen molar-refractivity contribution >= 4 is 6.09 Å². The summed E-state index contributed by atoms with van der Waals surface area (Å²) in [4.78, 5) is 14.3. The van der Waals surface area contributed by atoms with Crippen molar-refractivity contribution < 1.29 is 23.4 Å². The molecule has 0 aliphatic carbocycles. The molecule has 0 saturated carbocycles. The molecule has 0 aromatic heterocycles. The second-order valence-corrected chi connectivity index (χ2v) is 7.73. The van der Waals surface area contributed by atoms with E-state index >= 15 is 0 Å². The summed E-state index contributed by atoms with van der Waals surface area (Å²) >= 11 is 0. The average Bonchev–Trinajstić information content (AvgIpc) is 2.54. The lowest BCUT2D eigenvalue weighted by molar-refractivity contribution is -0.0538. The molecule has 0 N–H and O–H groups in total. The molecule has 2 heterocycles. The fraction of sp³-hybridized carbons (Fsp3) is 0.550. The standard InChI is InChI=1S/C20H26FNO4/c1-20(2,3)26-19(23)22-16-10-14(11-17(22)13-24-12-16)8-9-25-18-6-4-15(21)5-7-18/h4-7,10,16-17H,8-9,11-13H2,1-3H3. The number of halogens is 1. The van der Waals surface area contributed by atoms with Crippen molar-refractivity contribution in [2.24, 2.45) is 0 Å². The second-order valence-electron chi connectivity index (χ2n) is 7.73. The van der Waals surface area contributed by atoms with Crippen molar-refractivity contribution in [1.82, 2.24) is 4.90 Å². The fourth-order valence-electron chi connectivity index (χ4n) is 3.30. The van der Waals surface area contributed by atoms with Crippen molar-refractivity contribution in [1.29, 1.82) is 0 Å². The first-order valence-electron chi connectivity index (χ1n) is 8.99. The molecule has 3 rings (SSSR count). The van der Waals surface area contributed by atoms with Gasteiger partial charge in [-0.2, -0.15) is 0 Å². The van der Waals surface area contributed by atoms with E-state index in [1.807, 2.05) is 20.8 Å². The first-order valence-corrected chi connectivity index (χ1v) is 8.99. The first kappa shape index (κ1) is 18.7. The number of fused-ring (bicyclic) bond motifs is 2. The molecule has 5 nitrogen and oxygen atoms in total. The van der Waals surface area contributed by atoms with Gasteiger partial charge in [0.05, 0.1) is 31.9 Å². The lowest BCUT2D eigenvalue weighted by atomic mass is 9.93. The molecule has 1 amide bonds. The molecule has 1 aromatic rings. The Kier molecular flexibility index (Phi) is 5.51. The number of hydrogen-bond donors (Lipinski definition) is 0. The predicted octanol–water partition coefficient (Wildman–Crippen LogP) is 3.93. The maximum atomic E-state index is 12.9. The van der Waals surface area contributed by atoms with Crippen LogP contribution in [0.1, 0.15) is 33.6 Å². The van der Waals surface area contributed by atoms with E-state index in [0.717, 1.165) is 12.8 Å². The van der Waals surface area contributed by atoms with Crippen molar-refractivity contribution in [3.05, 3.63) is 41.7 Å². The highest BCUT2D eigenvalue weighted by molar-refractivity contribution is 5.70. The molecule has 2 aliphatic rings. The molecular weight excluding hydrogens is 337 g/mol. The van der Waals surface area contributed by atoms with Crippen LogP contribution in [0.4, 0.5) is 9.18 Å². The molecule has 26 heavy (non-hydrogen) atoms. The molecule has 0 spiro atoms. The van der Waals surface area contributed by atoms with Gasteiger partial charge in [-0.15, -0.1) is 0 Å². The number of amides is 1. The highest BCUT2D eigenvalue weighted by Gasteiger charge is 2.39. The van der Waals surface area contributed by atoms with Gasteiger partial charge in [0.1, 0.15) is 17.2 Å². The number of nitrogens with zero attached hydrogens (tertiary/aromatic N) is 1. The molecule has 142 valence electrons. The number of rotatable bonds is 4. The van der Waals surface area contributed by atoms with Gasteiger partial charge in [-0.05, 0) is 51.5 Å². The molecule has 0 radical (unpaired) electrons. The van der Waals surface area contributed by atoms with Crippen LogP contribution in [0.3, 0.4) is 0 Å². The number of hydrogen-bond acceptors (Lipinski definition) is 4. The van der Waals surface area contributed by atoms with Gasteiger partial charge in [-0.25, -0.2) is 9.18 Å². The Balaban J connectivity index is 1.59. The van der Waals surface area contributed by atoms with E-state index in [9.17, 15) is 9.18 Å². The van der Waals surface area contributed by atoms with E-state index < -0.39 is 5.60 Å². The SMILES string of the molecule is CC(C)(C)OC(=O)N1C2C=C(CCOc3ccc(F)cc3)CC1COC2. The largest absolute Gasteiger partial charge is 0.493 e. The molecular formula is C20H26FNO4. The highest BCUT2D eigenvalue weighted by atomic mass is 19.1.